The van der Waals surface area contributed by atoms with Crippen LogP contribution >= 0.6 is 0 Å². The van der Waals surface area contributed by atoms with Gasteiger partial charge < -0.3 is 10.3 Å². The van der Waals surface area contributed by atoms with Gasteiger partial charge in [-0.25, -0.2) is 0 Å². The van der Waals surface area contributed by atoms with E-state index in [9.17, 15) is 4.79 Å². The molecule has 0 unspecified atom stereocenters. The number of aromatic nitrogens is 1. The summed E-state index contributed by atoms with van der Waals surface area (Å²) in [6, 6.07) is 3.57. The molecule has 3 nitrogen and oxygen atoms in total. The lowest BCUT2D eigenvalue weighted by molar-refractivity contribution is 0.627. The van der Waals surface area contributed by atoms with Gasteiger partial charge in [-0.2, -0.15) is 0 Å². The van der Waals surface area contributed by atoms with Crippen LogP contribution in [0, 0.1) is 0 Å². The van der Waals surface area contributed by atoms with Crippen LogP contribution in [0.2, 0.25) is 0 Å². The van der Waals surface area contributed by atoms with Crippen LogP contribution < -0.4 is 10.7 Å². The maximum absolute atomic E-state index is 11.0. The number of pyridine rings is 1. The zero-order valence-corrected chi connectivity index (χ0v) is 6.84. The Morgan fingerprint density at radius 3 is 3.08 bits per heavy atom. The molecule has 0 aliphatic carbocycles. The third-order valence-electron chi connectivity index (χ3n) is 2.23. The summed E-state index contributed by atoms with van der Waals surface area (Å²) < 4.78 is 0. The van der Waals surface area contributed by atoms with E-state index in [2.05, 4.69) is 10.3 Å². The van der Waals surface area contributed by atoms with Crippen molar-refractivity contribution in [3.63, 3.8) is 0 Å². The van der Waals surface area contributed by atoms with E-state index >= 15 is 0 Å². The average molecular weight is 164 g/mol. The van der Waals surface area contributed by atoms with E-state index < -0.39 is 0 Å². The van der Waals surface area contributed by atoms with E-state index in [1.165, 1.54) is 6.42 Å². The van der Waals surface area contributed by atoms with Crippen molar-refractivity contribution in [3.05, 3.63) is 34.2 Å². The number of hydrogen-bond donors (Lipinski definition) is 2. The summed E-state index contributed by atoms with van der Waals surface area (Å²) in [6.45, 7) is 1.06. The standard InChI is InChI=1S/C9H12N2O/c12-7-3-5-11-9(6-7)8-2-1-4-10-8/h3,5-6,8,10H,1-2,4H2,(H,11,12)/t8-/m0/s1. The predicted octanol–water partition coefficient (Wildman–Crippen LogP) is 0.799. The number of rotatable bonds is 1. The van der Waals surface area contributed by atoms with Crippen LogP contribution in [0.4, 0.5) is 0 Å². The van der Waals surface area contributed by atoms with Gasteiger partial charge in [0.05, 0.1) is 0 Å². The van der Waals surface area contributed by atoms with Crippen LogP contribution in [-0.2, 0) is 0 Å². The van der Waals surface area contributed by atoms with Gasteiger partial charge in [-0.3, -0.25) is 4.79 Å². The van der Waals surface area contributed by atoms with E-state index in [0.29, 0.717) is 6.04 Å². The molecule has 2 heterocycles. The second-order valence-electron chi connectivity index (χ2n) is 3.13. The molecule has 1 atom stereocenters. The average Bonchev–Trinajstić information content (AvgIpc) is 2.56. The lowest BCUT2D eigenvalue weighted by Crippen LogP contribution is -2.16. The van der Waals surface area contributed by atoms with Crippen molar-refractivity contribution >= 4 is 0 Å². The third kappa shape index (κ3) is 1.41. The smallest absolute Gasteiger partial charge is 0.181 e. The highest BCUT2D eigenvalue weighted by molar-refractivity contribution is 5.10. The van der Waals surface area contributed by atoms with Crippen molar-refractivity contribution < 1.29 is 0 Å². The summed E-state index contributed by atoms with van der Waals surface area (Å²) in [5.41, 5.74) is 1.09. The second-order valence-corrected chi connectivity index (χ2v) is 3.13. The molecule has 1 fully saturated rings. The molecule has 2 rings (SSSR count). The summed E-state index contributed by atoms with van der Waals surface area (Å²) in [5, 5.41) is 3.33. The van der Waals surface area contributed by atoms with Gasteiger partial charge in [0.1, 0.15) is 0 Å². The van der Waals surface area contributed by atoms with Crippen LogP contribution in [-0.4, -0.2) is 11.5 Å². The highest BCUT2D eigenvalue weighted by atomic mass is 16.1. The quantitative estimate of drug-likeness (QED) is 0.644. The number of hydrogen-bond acceptors (Lipinski definition) is 2. The fourth-order valence-corrected chi connectivity index (χ4v) is 1.61. The predicted molar refractivity (Wildman–Crippen MR) is 47.0 cm³/mol. The molecule has 3 heteroatoms. The Bertz CT molecular complexity index is 312. The van der Waals surface area contributed by atoms with E-state index in [0.717, 1.165) is 18.7 Å². The van der Waals surface area contributed by atoms with E-state index in [1.54, 1.807) is 18.3 Å². The minimum Gasteiger partial charge on any atom is -0.363 e. The third-order valence-corrected chi connectivity index (χ3v) is 2.23. The first-order chi connectivity index (χ1) is 5.86. The number of aromatic amines is 1. The van der Waals surface area contributed by atoms with Crippen LogP contribution in [0.25, 0.3) is 0 Å². The fourth-order valence-electron chi connectivity index (χ4n) is 1.61. The molecule has 1 aliphatic rings. The van der Waals surface area contributed by atoms with Crippen molar-refractivity contribution in [2.45, 2.75) is 18.9 Å². The minimum atomic E-state index is 0.0810. The highest BCUT2D eigenvalue weighted by Crippen LogP contribution is 2.19. The number of H-pyrrole nitrogens is 1. The molecule has 2 N–H and O–H groups in total. The Hall–Kier alpha value is -1.09. The molecule has 0 saturated carbocycles. The molecule has 0 amide bonds. The molecule has 1 aromatic rings. The molecule has 1 saturated heterocycles. The Morgan fingerprint density at radius 2 is 2.42 bits per heavy atom. The van der Waals surface area contributed by atoms with Crippen molar-refractivity contribution in [2.75, 3.05) is 6.54 Å². The molecular weight excluding hydrogens is 152 g/mol. The summed E-state index contributed by atoms with van der Waals surface area (Å²) in [7, 11) is 0. The Morgan fingerprint density at radius 1 is 1.50 bits per heavy atom. The largest absolute Gasteiger partial charge is 0.363 e. The molecule has 0 aromatic carbocycles. The Kier molecular flexibility index (Phi) is 1.96. The first-order valence-corrected chi connectivity index (χ1v) is 4.28. The lowest BCUT2D eigenvalue weighted by Gasteiger charge is -2.08. The van der Waals surface area contributed by atoms with Crippen LogP contribution in [0.3, 0.4) is 0 Å². The maximum Gasteiger partial charge on any atom is 0.181 e. The van der Waals surface area contributed by atoms with Gasteiger partial charge in [0, 0.05) is 30.1 Å². The molecule has 0 radical (unpaired) electrons. The molecular formula is C9H12N2O. The van der Waals surface area contributed by atoms with Gasteiger partial charge in [0.15, 0.2) is 5.43 Å². The maximum atomic E-state index is 11.0. The van der Waals surface area contributed by atoms with Crippen molar-refractivity contribution in [2.24, 2.45) is 0 Å². The Balaban J connectivity index is 2.27. The zero-order chi connectivity index (χ0) is 8.39. The first-order valence-electron chi connectivity index (χ1n) is 4.28. The molecule has 0 bridgehead atoms. The van der Waals surface area contributed by atoms with Crippen molar-refractivity contribution in [3.8, 4) is 0 Å². The molecule has 0 spiro atoms. The van der Waals surface area contributed by atoms with Gasteiger partial charge in [0.2, 0.25) is 0 Å². The SMILES string of the molecule is O=c1cc[nH]c([C@@H]2CCCN2)c1. The van der Waals surface area contributed by atoms with Gasteiger partial charge in [-0.1, -0.05) is 0 Å². The molecule has 12 heavy (non-hydrogen) atoms. The summed E-state index contributed by atoms with van der Waals surface area (Å²) >= 11 is 0. The van der Waals surface area contributed by atoms with Crippen molar-refractivity contribution in [1.82, 2.24) is 10.3 Å². The Labute approximate surface area is 70.8 Å². The van der Waals surface area contributed by atoms with Crippen molar-refractivity contribution in [1.29, 1.82) is 0 Å². The first kappa shape index (κ1) is 7.55. The van der Waals surface area contributed by atoms with Gasteiger partial charge in [0.25, 0.3) is 0 Å². The molecule has 1 aromatic heterocycles. The van der Waals surface area contributed by atoms with Crippen LogP contribution in [0.5, 0.6) is 0 Å². The van der Waals surface area contributed by atoms with E-state index in [-0.39, 0.29) is 5.43 Å². The van der Waals surface area contributed by atoms with Gasteiger partial charge >= 0.3 is 0 Å². The summed E-state index contributed by atoms with van der Waals surface area (Å²) in [6.07, 6.45) is 4.03. The molecule has 64 valence electrons. The second kappa shape index (κ2) is 3.11. The van der Waals surface area contributed by atoms with Gasteiger partial charge in [-0.05, 0) is 19.4 Å². The monoisotopic (exact) mass is 164 g/mol. The van der Waals surface area contributed by atoms with Crippen LogP contribution in [0.15, 0.2) is 23.1 Å². The van der Waals surface area contributed by atoms with Crippen LogP contribution in [0.1, 0.15) is 24.6 Å². The summed E-state index contributed by atoms with van der Waals surface area (Å²) in [4.78, 5) is 14.1. The van der Waals surface area contributed by atoms with E-state index in [4.69, 9.17) is 0 Å². The molecule has 1 aliphatic heterocycles. The normalized spacial score (nSPS) is 22.8. The van der Waals surface area contributed by atoms with Gasteiger partial charge in [-0.15, -0.1) is 0 Å². The lowest BCUT2D eigenvalue weighted by atomic mass is 10.1. The zero-order valence-electron chi connectivity index (χ0n) is 6.84. The highest BCUT2D eigenvalue weighted by Gasteiger charge is 2.16. The fraction of sp³-hybridized carbons (Fsp3) is 0.444. The summed E-state index contributed by atoms with van der Waals surface area (Å²) in [5.74, 6) is 0. The topological polar surface area (TPSA) is 44.9 Å². The number of nitrogens with one attached hydrogen (secondary N) is 2. The minimum absolute atomic E-state index is 0.0810. The van der Waals surface area contributed by atoms with E-state index in [1.807, 2.05) is 0 Å².